The van der Waals surface area contributed by atoms with Crippen LogP contribution in [0.3, 0.4) is 0 Å². The monoisotopic (exact) mass is 388 g/mol. The van der Waals surface area contributed by atoms with E-state index in [-0.39, 0.29) is 11.7 Å². The van der Waals surface area contributed by atoms with Crippen LogP contribution in [0.4, 0.5) is 5.69 Å². The molecule has 7 heteroatoms. The molecule has 0 atom stereocenters. The third kappa shape index (κ3) is 5.65. The van der Waals surface area contributed by atoms with Crippen molar-refractivity contribution in [3.8, 4) is 0 Å². The van der Waals surface area contributed by atoms with Gasteiger partial charge in [0.1, 0.15) is 0 Å². The van der Waals surface area contributed by atoms with Crippen molar-refractivity contribution in [2.45, 2.75) is 19.6 Å². The number of benzene rings is 2. The molecule has 0 fully saturated rings. The summed E-state index contributed by atoms with van der Waals surface area (Å²) in [5.41, 5.74) is 1.72. The summed E-state index contributed by atoms with van der Waals surface area (Å²) in [6.45, 7) is 4.95. The zero-order valence-corrected chi connectivity index (χ0v) is 16.5. The van der Waals surface area contributed by atoms with Crippen LogP contribution < -0.4 is 5.32 Å². The summed E-state index contributed by atoms with van der Waals surface area (Å²) in [5, 5.41) is 2.76. The van der Waals surface area contributed by atoms with Gasteiger partial charge in [0.25, 0.3) is 11.8 Å². The average Bonchev–Trinajstić information content (AvgIpc) is 2.62. The number of anilines is 1. The maximum absolute atomic E-state index is 12.7. The van der Waals surface area contributed by atoms with Crippen molar-refractivity contribution >= 4 is 27.3 Å². The lowest BCUT2D eigenvalue weighted by Crippen LogP contribution is -2.31. The Morgan fingerprint density at radius 2 is 1.67 bits per heavy atom. The van der Waals surface area contributed by atoms with Gasteiger partial charge in [0.2, 0.25) is 0 Å². The predicted octanol–water partition coefficient (Wildman–Crippen LogP) is 2.97. The first-order valence-electron chi connectivity index (χ1n) is 8.71. The molecule has 2 amide bonds. The average molecular weight is 388 g/mol. The first-order valence-corrected chi connectivity index (χ1v) is 10.8. The molecule has 2 aromatic carbocycles. The minimum atomic E-state index is -3.19. The summed E-state index contributed by atoms with van der Waals surface area (Å²) < 4.78 is 22.9. The van der Waals surface area contributed by atoms with Gasteiger partial charge in [0, 0.05) is 24.9 Å². The Hall–Kier alpha value is -2.67. The SMILES string of the molecule is CCN(CC)C(=O)c1ccccc1NC(=O)c1cccc(CS(C)(=O)=O)c1. The van der Waals surface area contributed by atoms with Crippen LogP contribution in [0.25, 0.3) is 0 Å². The molecule has 1 N–H and O–H groups in total. The number of sulfone groups is 1. The zero-order valence-electron chi connectivity index (χ0n) is 15.7. The van der Waals surface area contributed by atoms with Gasteiger partial charge in [-0.3, -0.25) is 9.59 Å². The minimum Gasteiger partial charge on any atom is -0.339 e. The number of hydrogen-bond acceptors (Lipinski definition) is 4. The van der Waals surface area contributed by atoms with Crippen molar-refractivity contribution in [1.29, 1.82) is 0 Å². The van der Waals surface area contributed by atoms with Crippen molar-refractivity contribution in [3.05, 3.63) is 65.2 Å². The highest BCUT2D eigenvalue weighted by atomic mass is 32.2. The zero-order chi connectivity index (χ0) is 20.0. The van der Waals surface area contributed by atoms with Gasteiger partial charge in [-0.2, -0.15) is 0 Å². The second-order valence-electron chi connectivity index (χ2n) is 6.25. The summed E-state index contributed by atoms with van der Waals surface area (Å²) in [4.78, 5) is 27.0. The number of carbonyl (C=O) groups excluding carboxylic acids is 2. The van der Waals surface area contributed by atoms with Crippen LogP contribution in [-0.2, 0) is 15.6 Å². The number of para-hydroxylation sites is 1. The number of rotatable bonds is 7. The second kappa shape index (κ2) is 8.81. The number of nitrogens with zero attached hydrogens (tertiary/aromatic N) is 1. The fraction of sp³-hybridized carbons (Fsp3) is 0.300. The lowest BCUT2D eigenvalue weighted by Gasteiger charge is -2.20. The van der Waals surface area contributed by atoms with Crippen molar-refractivity contribution in [2.75, 3.05) is 24.7 Å². The molecule has 0 aliphatic carbocycles. The molecule has 2 rings (SSSR count). The van der Waals surface area contributed by atoms with E-state index in [1.54, 1.807) is 53.4 Å². The second-order valence-corrected chi connectivity index (χ2v) is 8.39. The Morgan fingerprint density at radius 1 is 1.00 bits per heavy atom. The van der Waals surface area contributed by atoms with E-state index in [1.807, 2.05) is 13.8 Å². The van der Waals surface area contributed by atoms with Crippen molar-refractivity contribution < 1.29 is 18.0 Å². The van der Waals surface area contributed by atoms with Gasteiger partial charge in [-0.05, 0) is 43.7 Å². The van der Waals surface area contributed by atoms with Gasteiger partial charge in [0.05, 0.1) is 17.0 Å². The highest BCUT2D eigenvalue weighted by Gasteiger charge is 2.18. The quantitative estimate of drug-likeness (QED) is 0.790. The van der Waals surface area contributed by atoms with Crippen LogP contribution in [0, 0.1) is 0 Å². The third-order valence-electron chi connectivity index (χ3n) is 4.07. The summed E-state index contributed by atoms with van der Waals surface area (Å²) in [5.74, 6) is -0.683. The highest BCUT2D eigenvalue weighted by Crippen LogP contribution is 2.19. The Bertz CT molecular complexity index is 935. The van der Waals surface area contributed by atoms with Crippen LogP contribution in [0.5, 0.6) is 0 Å². The Kier molecular flexibility index (Phi) is 6.74. The van der Waals surface area contributed by atoms with Crippen molar-refractivity contribution in [3.63, 3.8) is 0 Å². The topological polar surface area (TPSA) is 83.6 Å². The van der Waals surface area contributed by atoms with Crippen molar-refractivity contribution in [2.24, 2.45) is 0 Å². The molecule has 0 saturated heterocycles. The number of hydrogen-bond donors (Lipinski definition) is 1. The van der Waals surface area contributed by atoms with E-state index in [1.165, 1.54) is 0 Å². The molecule has 6 nitrogen and oxygen atoms in total. The number of nitrogens with one attached hydrogen (secondary N) is 1. The molecule has 0 heterocycles. The normalized spacial score (nSPS) is 11.1. The van der Waals surface area contributed by atoms with Gasteiger partial charge in [-0.25, -0.2) is 8.42 Å². The highest BCUT2D eigenvalue weighted by molar-refractivity contribution is 7.89. The fourth-order valence-corrected chi connectivity index (χ4v) is 3.54. The van der Waals surface area contributed by atoms with Crippen LogP contribution in [0.2, 0.25) is 0 Å². The van der Waals surface area contributed by atoms with E-state index >= 15 is 0 Å². The first-order chi connectivity index (χ1) is 12.7. The van der Waals surface area contributed by atoms with Crippen LogP contribution in [-0.4, -0.2) is 44.5 Å². The fourth-order valence-electron chi connectivity index (χ4n) is 2.76. The molecule has 0 radical (unpaired) electrons. The third-order valence-corrected chi connectivity index (χ3v) is 4.93. The van der Waals surface area contributed by atoms with E-state index in [2.05, 4.69) is 5.32 Å². The summed E-state index contributed by atoms with van der Waals surface area (Å²) in [7, 11) is -3.19. The summed E-state index contributed by atoms with van der Waals surface area (Å²) >= 11 is 0. The molecular weight excluding hydrogens is 364 g/mol. The van der Waals surface area contributed by atoms with Crippen LogP contribution >= 0.6 is 0 Å². The first kappa shape index (κ1) is 20.6. The van der Waals surface area contributed by atoms with Gasteiger partial charge >= 0.3 is 0 Å². The van der Waals surface area contributed by atoms with Crippen LogP contribution in [0.15, 0.2) is 48.5 Å². The molecule has 0 aliphatic rings. The molecule has 144 valence electrons. The van der Waals surface area contributed by atoms with E-state index in [0.717, 1.165) is 6.26 Å². The molecule has 2 aromatic rings. The molecule has 0 bridgehead atoms. The standard InChI is InChI=1S/C20H24N2O4S/c1-4-22(5-2)20(24)17-11-6-7-12-18(17)21-19(23)16-10-8-9-15(13-16)14-27(3,25)26/h6-13H,4-5,14H2,1-3H3,(H,21,23). The molecule has 27 heavy (non-hydrogen) atoms. The van der Waals surface area contributed by atoms with E-state index in [0.29, 0.717) is 35.5 Å². The minimum absolute atomic E-state index is 0.134. The summed E-state index contributed by atoms with van der Waals surface area (Å²) in [6.07, 6.45) is 1.15. The van der Waals surface area contributed by atoms with Gasteiger partial charge < -0.3 is 10.2 Å². The van der Waals surface area contributed by atoms with E-state index in [9.17, 15) is 18.0 Å². The molecule has 0 aromatic heterocycles. The predicted molar refractivity (Wildman–Crippen MR) is 107 cm³/mol. The molecule has 0 saturated carbocycles. The number of amides is 2. The lowest BCUT2D eigenvalue weighted by atomic mass is 10.1. The smallest absolute Gasteiger partial charge is 0.255 e. The Balaban J connectivity index is 2.27. The van der Waals surface area contributed by atoms with Gasteiger partial charge in [-0.15, -0.1) is 0 Å². The van der Waals surface area contributed by atoms with Gasteiger partial charge in [-0.1, -0.05) is 24.3 Å². The van der Waals surface area contributed by atoms with Crippen LogP contribution in [0.1, 0.15) is 40.1 Å². The maximum Gasteiger partial charge on any atom is 0.255 e. The Morgan fingerprint density at radius 3 is 2.30 bits per heavy atom. The molecule has 0 unspecified atom stereocenters. The Labute approximate surface area is 160 Å². The van der Waals surface area contributed by atoms with Gasteiger partial charge in [0.15, 0.2) is 9.84 Å². The maximum atomic E-state index is 12.7. The lowest BCUT2D eigenvalue weighted by molar-refractivity contribution is 0.0774. The molecular formula is C20H24N2O4S. The van der Waals surface area contributed by atoms with Crippen molar-refractivity contribution in [1.82, 2.24) is 4.90 Å². The molecule has 0 spiro atoms. The largest absolute Gasteiger partial charge is 0.339 e. The van der Waals surface area contributed by atoms with E-state index < -0.39 is 15.7 Å². The van der Waals surface area contributed by atoms with E-state index in [4.69, 9.17) is 0 Å². The number of carbonyl (C=O) groups is 2. The molecule has 0 aliphatic heterocycles. The summed E-state index contributed by atoms with van der Waals surface area (Å²) in [6, 6.07) is 13.3.